The van der Waals surface area contributed by atoms with Crippen LogP contribution in [0.3, 0.4) is 0 Å². The number of nitrogens with zero attached hydrogens (tertiary/aromatic N) is 1. The number of fused-ring (bicyclic) bond motifs is 1. The van der Waals surface area contributed by atoms with Crippen LogP contribution in [0.5, 0.6) is 5.75 Å². The number of carbonyl (C=O) groups is 1. The van der Waals surface area contributed by atoms with Crippen LogP contribution in [0.15, 0.2) is 77.7 Å². The fraction of sp³-hybridized carbons (Fsp3) is 0.241. The summed E-state index contributed by atoms with van der Waals surface area (Å²) in [5.74, 6) is 1.17. The summed E-state index contributed by atoms with van der Waals surface area (Å²) in [6, 6.07) is 21.6. The molecule has 0 unspecified atom stereocenters. The lowest BCUT2D eigenvalue weighted by atomic mass is 9.96. The van der Waals surface area contributed by atoms with Gasteiger partial charge in [0.15, 0.2) is 0 Å². The van der Waals surface area contributed by atoms with Crippen LogP contribution in [0.1, 0.15) is 34.3 Å². The molecule has 0 bridgehead atoms. The average Bonchev–Trinajstić information content (AvgIpc) is 3.69. The van der Waals surface area contributed by atoms with Crippen LogP contribution in [0.4, 0.5) is 0 Å². The van der Waals surface area contributed by atoms with E-state index in [2.05, 4.69) is 5.32 Å². The second kappa shape index (κ2) is 9.96. The Kier molecular flexibility index (Phi) is 6.60. The molecule has 5 nitrogen and oxygen atoms in total. The first-order valence-corrected chi connectivity index (χ1v) is 12.4. The lowest BCUT2D eigenvalue weighted by Gasteiger charge is -2.12. The van der Waals surface area contributed by atoms with Crippen LogP contribution in [-0.2, 0) is 6.54 Å². The van der Waals surface area contributed by atoms with E-state index in [-0.39, 0.29) is 11.5 Å². The number of aromatic nitrogens is 1. The fourth-order valence-corrected chi connectivity index (χ4v) is 4.27. The number of halogens is 1. The molecule has 0 radical (unpaired) electrons. The first kappa shape index (κ1) is 23.2. The minimum Gasteiger partial charge on any atom is -0.492 e. The number of ether oxygens (including phenoxy) is 1. The molecule has 0 atom stereocenters. The predicted molar refractivity (Wildman–Crippen MR) is 141 cm³/mol. The lowest BCUT2D eigenvalue weighted by molar-refractivity contribution is 0.0951. The number of nitrogens with one attached hydrogen (secondary N) is 1. The van der Waals surface area contributed by atoms with Crippen LogP contribution >= 0.6 is 11.6 Å². The van der Waals surface area contributed by atoms with Crippen molar-refractivity contribution in [1.82, 2.24) is 9.88 Å². The van der Waals surface area contributed by atoms with E-state index in [4.69, 9.17) is 16.3 Å². The third kappa shape index (κ3) is 5.25. The number of alkyl halides is 1. The molecule has 1 aliphatic rings. The molecule has 5 rings (SSSR count). The van der Waals surface area contributed by atoms with Crippen LogP contribution < -0.4 is 15.6 Å². The second-order valence-electron chi connectivity index (χ2n) is 9.01. The molecule has 1 heterocycles. The van der Waals surface area contributed by atoms with E-state index >= 15 is 0 Å². The van der Waals surface area contributed by atoms with Gasteiger partial charge in [0.25, 0.3) is 11.5 Å². The van der Waals surface area contributed by atoms with Crippen LogP contribution in [-0.4, -0.2) is 29.0 Å². The third-order valence-electron chi connectivity index (χ3n) is 6.32. The van der Waals surface area contributed by atoms with Crippen molar-refractivity contribution in [3.8, 4) is 16.9 Å². The van der Waals surface area contributed by atoms with E-state index in [9.17, 15) is 9.59 Å². The van der Waals surface area contributed by atoms with E-state index in [1.54, 1.807) is 4.57 Å². The monoisotopic (exact) mass is 486 g/mol. The van der Waals surface area contributed by atoms with Gasteiger partial charge in [-0.05, 0) is 89.9 Å². The van der Waals surface area contributed by atoms with E-state index in [0.717, 1.165) is 46.2 Å². The van der Waals surface area contributed by atoms with Crippen LogP contribution in [0, 0.1) is 6.92 Å². The summed E-state index contributed by atoms with van der Waals surface area (Å²) >= 11 is 5.67. The van der Waals surface area contributed by atoms with Gasteiger partial charge in [0.1, 0.15) is 12.4 Å². The van der Waals surface area contributed by atoms with Crippen molar-refractivity contribution in [2.45, 2.75) is 32.4 Å². The van der Waals surface area contributed by atoms with Crippen molar-refractivity contribution in [3.05, 3.63) is 100.0 Å². The topological polar surface area (TPSA) is 60.3 Å². The van der Waals surface area contributed by atoms with Gasteiger partial charge >= 0.3 is 0 Å². The number of pyridine rings is 1. The van der Waals surface area contributed by atoms with Crippen LogP contribution in [0.2, 0.25) is 0 Å². The molecule has 1 fully saturated rings. The average molecular weight is 487 g/mol. The highest BCUT2D eigenvalue weighted by molar-refractivity contribution is 6.18. The summed E-state index contributed by atoms with van der Waals surface area (Å²) in [7, 11) is 0. The minimum atomic E-state index is -0.0363. The maximum Gasteiger partial charge on any atom is 0.258 e. The summed E-state index contributed by atoms with van der Waals surface area (Å²) in [6.45, 7) is 2.97. The Morgan fingerprint density at radius 3 is 2.60 bits per heavy atom. The van der Waals surface area contributed by atoms with Gasteiger partial charge in [-0.1, -0.05) is 24.3 Å². The highest BCUT2D eigenvalue weighted by atomic mass is 35.5. The molecule has 3 aromatic carbocycles. The van der Waals surface area contributed by atoms with Crippen LogP contribution in [0.25, 0.3) is 21.9 Å². The molecule has 1 aliphatic carbocycles. The van der Waals surface area contributed by atoms with Crippen molar-refractivity contribution >= 4 is 28.3 Å². The van der Waals surface area contributed by atoms with Gasteiger partial charge in [-0.3, -0.25) is 9.59 Å². The standard InChI is InChI=1S/C29H27ClN2O3/c1-19-2-5-23(28(33)31-24-7-8-24)17-27(19)21-6-11-26-22(16-21)12-14-32(29(26)34)18-20-3-9-25(10-4-20)35-15-13-30/h2-6,9-12,14,16-17,24H,7-8,13,15,18H2,1H3,(H,31,33). The molecular weight excluding hydrogens is 460 g/mol. The van der Waals surface area contributed by atoms with Gasteiger partial charge < -0.3 is 14.6 Å². The van der Waals surface area contributed by atoms with Crippen molar-refractivity contribution < 1.29 is 9.53 Å². The van der Waals surface area contributed by atoms with E-state index in [1.807, 2.05) is 79.9 Å². The largest absolute Gasteiger partial charge is 0.492 e. The SMILES string of the molecule is Cc1ccc(C(=O)NC2CC2)cc1-c1ccc2c(=O)n(Cc3ccc(OCCCl)cc3)ccc2c1. The first-order chi connectivity index (χ1) is 17.0. The predicted octanol–water partition coefficient (Wildman–Crippen LogP) is 5.54. The summed E-state index contributed by atoms with van der Waals surface area (Å²) in [5.41, 5.74) is 4.70. The summed E-state index contributed by atoms with van der Waals surface area (Å²) in [5, 5.41) is 4.59. The summed E-state index contributed by atoms with van der Waals surface area (Å²) in [4.78, 5) is 25.7. The normalized spacial score (nSPS) is 13.1. The zero-order valence-electron chi connectivity index (χ0n) is 19.6. The fourth-order valence-electron chi connectivity index (χ4n) is 4.19. The molecule has 6 heteroatoms. The molecule has 178 valence electrons. The Morgan fingerprint density at radius 1 is 1.06 bits per heavy atom. The van der Waals surface area contributed by atoms with Gasteiger partial charge in [0.2, 0.25) is 0 Å². The Balaban J connectivity index is 1.40. The van der Waals surface area contributed by atoms with Gasteiger partial charge in [-0.15, -0.1) is 11.6 Å². The van der Waals surface area contributed by atoms with Gasteiger partial charge in [0.05, 0.1) is 12.4 Å². The van der Waals surface area contributed by atoms with E-state index in [0.29, 0.717) is 36.0 Å². The molecule has 1 saturated carbocycles. The van der Waals surface area contributed by atoms with Crippen molar-refractivity contribution in [1.29, 1.82) is 0 Å². The number of carbonyl (C=O) groups excluding carboxylic acids is 1. The van der Waals surface area contributed by atoms with E-state index < -0.39 is 0 Å². The Hall–Kier alpha value is -3.57. The number of rotatable bonds is 8. The molecule has 1 amide bonds. The van der Waals surface area contributed by atoms with Crippen molar-refractivity contribution in [2.24, 2.45) is 0 Å². The van der Waals surface area contributed by atoms with E-state index in [1.165, 1.54) is 0 Å². The number of hydrogen-bond donors (Lipinski definition) is 1. The first-order valence-electron chi connectivity index (χ1n) is 11.8. The number of benzene rings is 3. The highest BCUT2D eigenvalue weighted by Crippen LogP contribution is 2.28. The molecule has 0 spiro atoms. The lowest BCUT2D eigenvalue weighted by Crippen LogP contribution is -2.25. The Bertz CT molecular complexity index is 1440. The zero-order chi connectivity index (χ0) is 24.4. The molecule has 35 heavy (non-hydrogen) atoms. The smallest absolute Gasteiger partial charge is 0.258 e. The Labute approximate surface area is 209 Å². The van der Waals surface area contributed by atoms with Gasteiger partial charge in [-0.2, -0.15) is 0 Å². The maximum absolute atomic E-state index is 13.2. The third-order valence-corrected chi connectivity index (χ3v) is 6.48. The molecule has 0 aliphatic heterocycles. The van der Waals surface area contributed by atoms with Crippen molar-refractivity contribution in [2.75, 3.05) is 12.5 Å². The molecular formula is C29H27ClN2O3. The molecule has 1 aromatic heterocycles. The van der Waals surface area contributed by atoms with Gasteiger partial charge in [-0.25, -0.2) is 0 Å². The number of amides is 1. The quantitative estimate of drug-likeness (QED) is 0.333. The highest BCUT2D eigenvalue weighted by Gasteiger charge is 2.24. The Morgan fingerprint density at radius 2 is 1.86 bits per heavy atom. The number of aryl methyl sites for hydroxylation is 1. The molecule has 1 N–H and O–H groups in total. The second-order valence-corrected chi connectivity index (χ2v) is 9.39. The summed E-state index contributed by atoms with van der Waals surface area (Å²) in [6.07, 6.45) is 3.95. The van der Waals surface area contributed by atoms with Gasteiger partial charge in [0, 0.05) is 23.2 Å². The molecule has 4 aromatic rings. The minimum absolute atomic E-state index is 0.0314. The van der Waals surface area contributed by atoms with Crippen molar-refractivity contribution in [3.63, 3.8) is 0 Å². The summed E-state index contributed by atoms with van der Waals surface area (Å²) < 4.78 is 7.23. The maximum atomic E-state index is 13.2. The zero-order valence-corrected chi connectivity index (χ0v) is 20.3. The number of hydrogen-bond acceptors (Lipinski definition) is 3. The molecule has 0 saturated heterocycles.